The van der Waals surface area contributed by atoms with Gasteiger partial charge in [-0.1, -0.05) is 0 Å². The van der Waals surface area contributed by atoms with Crippen LogP contribution in [0.15, 0.2) is 18.5 Å². The van der Waals surface area contributed by atoms with Gasteiger partial charge in [0, 0.05) is 30.6 Å². The zero-order valence-electron chi connectivity index (χ0n) is 14.7. The Hall–Kier alpha value is -2.48. The molecule has 0 bridgehead atoms. The second-order valence-corrected chi connectivity index (χ2v) is 6.39. The summed E-state index contributed by atoms with van der Waals surface area (Å²) in [4.78, 5) is 21.9. The molecule has 1 unspecified atom stereocenters. The highest BCUT2D eigenvalue weighted by molar-refractivity contribution is 5.94. The highest BCUT2D eigenvalue weighted by Gasteiger charge is 2.21. The van der Waals surface area contributed by atoms with Crippen LogP contribution in [0.1, 0.15) is 26.2 Å². The van der Waals surface area contributed by atoms with E-state index in [1.807, 2.05) is 6.92 Å². The first-order valence-electron chi connectivity index (χ1n) is 8.71. The summed E-state index contributed by atoms with van der Waals surface area (Å²) in [6, 6.07) is 3.86. The molecule has 0 radical (unpaired) electrons. The molecule has 2 aromatic rings. The molecule has 1 saturated heterocycles. The minimum absolute atomic E-state index is 0.0442. The van der Waals surface area contributed by atoms with Gasteiger partial charge >= 0.3 is 0 Å². The monoisotopic (exact) mass is 344 g/mol. The van der Waals surface area contributed by atoms with Gasteiger partial charge in [-0.25, -0.2) is 9.97 Å². The predicted octanol–water partition coefficient (Wildman–Crippen LogP) is 2.87. The number of benzene rings is 1. The van der Waals surface area contributed by atoms with E-state index in [0.29, 0.717) is 35.0 Å². The largest absolute Gasteiger partial charge is 0.380 e. The molecular formula is C17H24N6O2. The van der Waals surface area contributed by atoms with Crippen LogP contribution in [0.4, 0.5) is 17.2 Å². The standard InChI is InChI=1S/C17H24N6O2/c1-3-18-15-10-14-13(9-16(15)23(24)25)17(21-11-20-14)19-7-6-12-5-4-8-22(12)2/h9-12,18H,3-8H2,1-2H3,(H,19,20,21). The molecule has 2 N–H and O–H groups in total. The fourth-order valence-electron chi connectivity index (χ4n) is 3.42. The normalized spacial score (nSPS) is 17.8. The molecule has 0 amide bonds. The van der Waals surface area contributed by atoms with Gasteiger partial charge in [0.05, 0.1) is 10.4 Å². The van der Waals surface area contributed by atoms with E-state index in [4.69, 9.17) is 0 Å². The van der Waals surface area contributed by atoms with Crippen LogP contribution in [0, 0.1) is 10.1 Å². The van der Waals surface area contributed by atoms with E-state index in [1.54, 1.807) is 12.1 Å². The van der Waals surface area contributed by atoms with Gasteiger partial charge in [-0.15, -0.1) is 0 Å². The quantitative estimate of drug-likeness (QED) is 0.589. The molecule has 1 aliphatic heterocycles. The van der Waals surface area contributed by atoms with Gasteiger partial charge in [-0.05, 0) is 45.8 Å². The van der Waals surface area contributed by atoms with Gasteiger partial charge in [0.25, 0.3) is 5.69 Å². The number of anilines is 2. The van der Waals surface area contributed by atoms with Crippen molar-refractivity contribution in [3.63, 3.8) is 0 Å². The van der Waals surface area contributed by atoms with Crippen molar-refractivity contribution in [2.75, 3.05) is 37.3 Å². The Morgan fingerprint density at radius 2 is 2.20 bits per heavy atom. The Bertz CT molecular complexity index is 766. The molecular weight excluding hydrogens is 320 g/mol. The molecule has 134 valence electrons. The molecule has 1 atom stereocenters. The maximum Gasteiger partial charge on any atom is 0.293 e. The van der Waals surface area contributed by atoms with Gasteiger partial charge in [0.1, 0.15) is 17.8 Å². The van der Waals surface area contributed by atoms with Gasteiger partial charge in [0.15, 0.2) is 0 Å². The smallest absolute Gasteiger partial charge is 0.293 e. The minimum Gasteiger partial charge on any atom is -0.380 e. The van der Waals surface area contributed by atoms with Crippen LogP contribution in [0.3, 0.4) is 0 Å². The lowest BCUT2D eigenvalue weighted by Crippen LogP contribution is -2.27. The lowest BCUT2D eigenvalue weighted by molar-refractivity contribution is -0.383. The molecule has 3 rings (SSSR count). The summed E-state index contributed by atoms with van der Waals surface area (Å²) in [5.74, 6) is 0.650. The Labute approximate surface area is 146 Å². The summed E-state index contributed by atoms with van der Waals surface area (Å²) in [7, 11) is 2.16. The third-order valence-electron chi connectivity index (χ3n) is 4.76. The van der Waals surface area contributed by atoms with E-state index in [9.17, 15) is 10.1 Å². The number of hydrogen-bond donors (Lipinski definition) is 2. The average molecular weight is 344 g/mol. The van der Waals surface area contributed by atoms with Crippen LogP contribution in [0.25, 0.3) is 10.9 Å². The van der Waals surface area contributed by atoms with Crippen LogP contribution in [-0.2, 0) is 0 Å². The molecule has 25 heavy (non-hydrogen) atoms. The minimum atomic E-state index is -0.373. The zero-order chi connectivity index (χ0) is 17.8. The molecule has 1 aliphatic rings. The number of nitro benzene ring substituents is 1. The molecule has 0 aliphatic carbocycles. The highest BCUT2D eigenvalue weighted by Crippen LogP contribution is 2.32. The van der Waals surface area contributed by atoms with Crippen LogP contribution < -0.4 is 10.6 Å². The second-order valence-electron chi connectivity index (χ2n) is 6.39. The van der Waals surface area contributed by atoms with E-state index in [2.05, 4.69) is 32.5 Å². The van der Waals surface area contributed by atoms with Crippen LogP contribution in [-0.4, -0.2) is 52.5 Å². The molecule has 8 heteroatoms. The first kappa shape index (κ1) is 17.3. The third-order valence-corrected chi connectivity index (χ3v) is 4.76. The van der Waals surface area contributed by atoms with E-state index >= 15 is 0 Å². The second kappa shape index (κ2) is 7.60. The Balaban J connectivity index is 1.82. The van der Waals surface area contributed by atoms with E-state index in [-0.39, 0.29) is 10.6 Å². The maximum atomic E-state index is 11.4. The highest BCUT2D eigenvalue weighted by atomic mass is 16.6. The zero-order valence-corrected chi connectivity index (χ0v) is 14.7. The fourth-order valence-corrected chi connectivity index (χ4v) is 3.42. The van der Waals surface area contributed by atoms with Crippen molar-refractivity contribution < 1.29 is 4.92 Å². The van der Waals surface area contributed by atoms with E-state index < -0.39 is 0 Å². The molecule has 1 aromatic heterocycles. The molecule has 0 saturated carbocycles. The number of aromatic nitrogens is 2. The fraction of sp³-hybridized carbons (Fsp3) is 0.529. The molecule has 8 nitrogen and oxygen atoms in total. The lowest BCUT2D eigenvalue weighted by Gasteiger charge is -2.19. The van der Waals surface area contributed by atoms with Gasteiger partial charge in [-0.3, -0.25) is 10.1 Å². The number of nitro groups is 1. The summed E-state index contributed by atoms with van der Waals surface area (Å²) in [6.07, 6.45) is 4.99. The van der Waals surface area contributed by atoms with Crippen molar-refractivity contribution in [1.29, 1.82) is 0 Å². The summed E-state index contributed by atoms with van der Waals surface area (Å²) in [5.41, 5.74) is 1.22. The van der Waals surface area contributed by atoms with Crippen molar-refractivity contribution in [1.82, 2.24) is 14.9 Å². The summed E-state index contributed by atoms with van der Waals surface area (Å²) in [6.45, 7) is 4.45. The van der Waals surface area contributed by atoms with Crippen molar-refractivity contribution in [3.8, 4) is 0 Å². The topological polar surface area (TPSA) is 96.2 Å². The number of fused-ring (bicyclic) bond motifs is 1. The van der Waals surface area contributed by atoms with Crippen molar-refractivity contribution in [3.05, 3.63) is 28.6 Å². The van der Waals surface area contributed by atoms with Gasteiger partial charge < -0.3 is 15.5 Å². The molecule has 2 heterocycles. The molecule has 1 aromatic carbocycles. The van der Waals surface area contributed by atoms with Gasteiger partial charge in [0.2, 0.25) is 0 Å². The molecule has 1 fully saturated rings. The van der Waals surface area contributed by atoms with Crippen molar-refractivity contribution >= 4 is 28.1 Å². The number of likely N-dealkylation sites (tertiary alicyclic amines) is 1. The maximum absolute atomic E-state index is 11.4. The Kier molecular flexibility index (Phi) is 5.28. The average Bonchev–Trinajstić information content (AvgIpc) is 2.99. The summed E-state index contributed by atoms with van der Waals surface area (Å²) >= 11 is 0. The van der Waals surface area contributed by atoms with Gasteiger partial charge in [-0.2, -0.15) is 0 Å². The third kappa shape index (κ3) is 3.79. The Morgan fingerprint density at radius 1 is 1.36 bits per heavy atom. The van der Waals surface area contributed by atoms with Crippen molar-refractivity contribution in [2.24, 2.45) is 0 Å². The number of hydrogen-bond acceptors (Lipinski definition) is 7. The first-order valence-corrected chi connectivity index (χ1v) is 8.71. The SMILES string of the molecule is CCNc1cc2ncnc(NCCC3CCCN3C)c2cc1[N+](=O)[O-]. The summed E-state index contributed by atoms with van der Waals surface area (Å²) in [5, 5.41) is 18.4. The lowest BCUT2D eigenvalue weighted by atomic mass is 10.1. The van der Waals surface area contributed by atoms with Crippen molar-refractivity contribution in [2.45, 2.75) is 32.2 Å². The summed E-state index contributed by atoms with van der Waals surface area (Å²) < 4.78 is 0. The number of nitrogens with zero attached hydrogens (tertiary/aromatic N) is 4. The number of nitrogens with one attached hydrogen (secondary N) is 2. The predicted molar refractivity (Wildman–Crippen MR) is 99.1 cm³/mol. The van der Waals surface area contributed by atoms with E-state index in [0.717, 1.165) is 19.5 Å². The number of rotatable bonds is 7. The first-order chi connectivity index (χ1) is 12.1. The van der Waals surface area contributed by atoms with Crippen LogP contribution >= 0.6 is 0 Å². The Morgan fingerprint density at radius 3 is 2.88 bits per heavy atom. The van der Waals surface area contributed by atoms with E-state index in [1.165, 1.54) is 19.2 Å². The van der Waals surface area contributed by atoms with Crippen LogP contribution in [0.2, 0.25) is 0 Å². The van der Waals surface area contributed by atoms with Crippen LogP contribution in [0.5, 0.6) is 0 Å². The molecule has 0 spiro atoms.